The molecule has 0 N–H and O–H groups in total. The number of aryl methyl sites for hydroxylation is 1. The molecule has 0 unspecified atom stereocenters. The maximum atomic E-state index is 12.2. The summed E-state index contributed by atoms with van der Waals surface area (Å²) >= 11 is 0. The predicted molar refractivity (Wildman–Crippen MR) is 117 cm³/mol. The Hall–Kier alpha value is -3.61. The summed E-state index contributed by atoms with van der Waals surface area (Å²) in [6, 6.07) is 13.1. The molecule has 1 heterocycles. The van der Waals surface area contributed by atoms with Crippen LogP contribution in [0.3, 0.4) is 0 Å². The van der Waals surface area contributed by atoms with Gasteiger partial charge < -0.3 is 18.6 Å². The van der Waals surface area contributed by atoms with Crippen LogP contribution in [0.4, 0.5) is 0 Å². The zero-order chi connectivity index (χ0) is 22.4. The van der Waals surface area contributed by atoms with Crippen molar-refractivity contribution in [2.75, 3.05) is 7.11 Å². The Bertz CT molecular complexity index is 1050. The SMILES string of the molecule is COc1cc(/C=C/C(=O)O[C@H](C)c2nnc(-c3ccc(C)cc3)o2)ccc1OC(C)C. The summed E-state index contributed by atoms with van der Waals surface area (Å²) in [7, 11) is 1.57. The zero-order valence-corrected chi connectivity index (χ0v) is 18.3. The van der Waals surface area contributed by atoms with Gasteiger partial charge in [-0.3, -0.25) is 0 Å². The van der Waals surface area contributed by atoms with E-state index in [0.717, 1.165) is 16.7 Å². The van der Waals surface area contributed by atoms with Gasteiger partial charge in [-0.25, -0.2) is 4.79 Å². The third kappa shape index (κ3) is 5.94. The van der Waals surface area contributed by atoms with Gasteiger partial charge in [-0.05, 0) is 63.6 Å². The molecule has 0 fully saturated rings. The molecule has 1 aromatic heterocycles. The summed E-state index contributed by atoms with van der Waals surface area (Å²) in [5.74, 6) is 1.32. The van der Waals surface area contributed by atoms with E-state index in [4.69, 9.17) is 18.6 Å². The number of methoxy groups -OCH3 is 1. The molecule has 0 radical (unpaired) electrons. The summed E-state index contributed by atoms with van der Waals surface area (Å²) < 4.78 is 22.1. The van der Waals surface area contributed by atoms with E-state index in [2.05, 4.69) is 10.2 Å². The fourth-order valence-electron chi connectivity index (χ4n) is 2.78. The number of esters is 1. The maximum Gasteiger partial charge on any atom is 0.331 e. The van der Waals surface area contributed by atoms with Crippen molar-refractivity contribution in [2.24, 2.45) is 0 Å². The fourth-order valence-corrected chi connectivity index (χ4v) is 2.78. The number of ether oxygens (including phenoxy) is 3. The molecule has 0 bridgehead atoms. The second-order valence-corrected chi connectivity index (χ2v) is 7.30. The average Bonchev–Trinajstić information content (AvgIpc) is 3.23. The molecule has 7 heteroatoms. The first-order valence-corrected chi connectivity index (χ1v) is 9.99. The number of carbonyl (C=O) groups excluding carboxylic acids is 1. The molecule has 31 heavy (non-hydrogen) atoms. The van der Waals surface area contributed by atoms with Gasteiger partial charge in [-0.1, -0.05) is 23.8 Å². The summed E-state index contributed by atoms with van der Waals surface area (Å²) in [4.78, 5) is 12.2. The summed E-state index contributed by atoms with van der Waals surface area (Å²) in [6.45, 7) is 7.57. The highest BCUT2D eigenvalue weighted by molar-refractivity contribution is 5.87. The number of carbonyl (C=O) groups is 1. The van der Waals surface area contributed by atoms with Crippen molar-refractivity contribution in [3.8, 4) is 23.0 Å². The topological polar surface area (TPSA) is 83.7 Å². The van der Waals surface area contributed by atoms with Gasteiger partial charge in [0.05, 0.1) is 13.2 Å². The van der Waals surface area contributed by atoms with Crippen LogP contribution in [0, 0.1) is 6.92 Å². The molecular formula is C24H26N2O5. The van der Waals surface area contributed by atoms with E-state index in [1.165, 1.54) is 6.08 Å². The normalized spacial score (nSPS) is 12.2. The van der Waals surface area contributed by atoms with Crippen molar-refractivity contribution in [3.63, 3.8) is 0 Å². The summed E-state index contributed by atoms with van der Waals surface area (Å²) in [5.41, 5.74) is 2.72. The lowest BCUT2D eigenvalue weighted by Gasteiger charge is -2.13. The van der Waals surface area contributed by atoms with Crippen molar-refractivity contribution in [3.05, 3.63) is 65.6 Å². The number of nitrogens with zero attached hydrogens (tertiary/aromatic N) is 2. The Morgan fingerprint density at radius 3 is 2.45 bits per heavy atom. The largest absolute Gasteiger partial charge is 0.493 e. The highest BCUT2D eigenvalue weighted by atomic mass is 16.6. The minimum absolute atomic E-state index is 0.0305. The highest BCUT2D eigenvalue weighted by Crippen LogP contribution is 2.29. The molecule has 0 amide bonds. The molecule has 0 spiro atoms. The van der Waals surface area contributed by atoms with Gasteiger partial charge in [-0.2, -0.15) is 0 Å². The van der Waals surface area contributed by atoms with E-state index in [-0.39, 0.29) is 12.0 Å². The minimum atomic E-state index is -0.680. The Kier molecular flexibility index (Phi) is 7.07. The Balaban J connectivity index is 1.62. The second-order valence-electron chi connectivity index (χ2n) is 7.30. The minimum Gasteiger partial charge on any atom is -0.493 e. The van der Waals surface area contributed by atoms with Crippen LogP contribution in [-0.2, 0) is 9.53 Å². The molecule has 3 aromatic rings. The van der Waals surface area contributed by atoms with Gasteiger partial charge in [0, 0.05) is 11.6 Å². The van der Waals surface area contributed by atoms with Gasteiger partial charge in [0.2, 0.25) is 5.89 Å². The third-order valence-corrected chi connectivity index (χ3v) is 4.34. The van der Waals surface area contributed by atoms with Crippen LogP contribution in [0.2, 0.25) is 0 Å². The quantitative estimate of drug-likeness (QED) is 0.366. The third-order valence-electron chi connectivity index (χ3n) is 4.34. The van der Waals surface area contributed by atoms with Gasteiger partial charge in [-0.15, -0.1) is 10.2 Å². The number of aromatic nitrogens is 2. The first-order chi connectivity index (χ1) is 14.9. The predicted octanol–water partition coefficient (Wildman–Crippen LogP) is 5.16. The first kappa shape index (κ1) is 22.1. The zero-order valence-electron chi connectivity index (χ0n) is 18.3. The van der Waals surface area contributed by atoms with E-state index in [1.54, 1.807) is 32.2 Å². The van der Waals surface area contributed by atoms with Gasteiger partial charge >= 0.3 is 5.97 Å². The van der Waals surface area contributed by atoms with Crippen molar-refractivity contribution >= 4 is 12.0 Å². The monoisotopic (exact) mass is 422 g/mol. The smallest absolute Gasteiger partial charge is 0.331 e. The molecule has 0 saturated heterocycles. The van der Waals surface area contributed by atoms with Gasteiger partial charge in [0.25, 0.3) is 5.89 Å². The number of rotatable bonds is 8. The maximum absolute atomic E-state index is 12.2. The molecule has 3 rings (SSSR count). The van der Waals surface area contributed by atoms with E-state index in [1.807, 2.05) is 51.1 Å². The summed E-state index contributed by atoms with van der Waals surface area (Å²) in [5, 5.41) is 8.03. The van der Waals surface area contributed by atoms with Crippen LogP contribution in [0.15, 0.2) is 53.0 Å². The molecule has 2 aromatic carbocycles. The molecule has 0 aliphatic heterocycles. The van der Waals surface area contributed by atoms with Crippen molar-refractivity contribution < 1.29 is 23.4 Å². The molecule has 0 saturated carbocycles. The Morgan fingerprint density at radius 2 is 1.77 bits per heavy atom. The first-order valence-electron chi connectivity index (χ1n) is 9.99. The molecule has 1 atom stereocenters. The Morgan fingerprint density at radius 1 is 1.03 bits per heavy atom. The van der Waals surface area contributed by atoms with E-state index in [0.29, 0.717) is 17.4 Å². The molecular weight excluding hydrogens is 396 g/mol. The highest BCUT2D eigenvalue weighted by Gasteiger charge is 2.18. The van der Waals surface area contributed by atoms with Gasteiger partial charge in [0.1, 0.15) is 0 Å². The van der Waals surface area contributed by atoms with Crippen LogP contribution in [0.5, 0.6) is 11.5 Å². The standard InChI is InChI=1S/C24H26N2O5/c1-15(2)29-20-12-8-18(14-21(20)28-5)9-13-22(27)30-17(4)23-25-26-24(31-23)19-10-6-16(3)7-11-19/h6-15,17H,1-5H3/b13-9+/t17-/m1/s1. The second kappa shape index (κ2) is 9.93. The number of hydrogen-bond acceptors (Lipinski definition) is 7. The average molecular weight is 422 g/mol. The van der Waals surface area contributed by atoms with Crippen LogP contribution >= 0.6 is 0 Å². The lowest BCUT2D eigenvalue weighted by molar-refractivity contribution is -0.143. The van der Waals surface area contributed by atoms with Crippen molar-refractivity contribution in [1.82, 2.24) is 10.2 Å². The number of hydrogen-bond donors (Lipinski definition) is 0. The van der Waals surface area contributed by atoms with Crippen LogP contribution in [0.25, 0.3) is 17.5 Å². The summed E-state index contributed by atoms with van der Waals surface area (Å²) in [6.07, 6.45) is 2.33. The molecule has 162 valence electrons. The van der Waals surface area contributed by atoms with Crippen molar-refractivity contribution in [1.29, 1.82) is 0 Å². The van der Waals surface area contributed by atoms with E-state index < -0.39 is 12.1 Å². The fraction of sp³-hybridized carbons (Fsp3) is 0.292. The van der Waals surface area contributed by atoms with Crippen LogP contribution in [0.1, 0.15) is 43.9 Å². The number of benzene rings is 2. The molecule has 0 aliphatic carbocycles. The Labute approximate surface area is 181 Å². The van der Waals surface area contributed by atoms with E-state index >= 15 is 0 Å². The van der Waals surface area contributed by atoms with Gasteiger partial charge in [0.15, 0.2) is 17.6 Å². The van der Waals surface area contributed by atoms with Crippen LogP contribution in [-0.4, -0.2) is 29.4 Å². The lowest BCUT2D eigenvalue weighted by Crippen LogP contribution is -2.07. The van der Waals surface area contributed by atoms with Crippen LogP contribution < -0.4 is 9.47 Å². The lowest BCUT2D eigenvalue weighted by atomic mass is 10.1. The molecule has 7 nitrogen and oxygen atoms in total. The van der Waals surface area contributed by atoms with Crippen molar-refractivity contribution in [2.45, 2.75) is 39.9 Å². The van der Waals surface area contributed by atoms with E-state index in [9.17, 15) is 4.79 Å². The molecule has 0 aliphatic rings.